The predicted molar refractivity (Wildman–Crippen MR) is 397 cm³/mol. The molecule has 0 aromatic carbocycles. The highest BCUT2D eigenvalue weighted by Gasteiger charge is 2.22. The third kappa shape index (κ3) is 72.6. The van der Waals surface area contributed by atoms with Gasteiger partial charge in [-0.25, -0.2) is 0 Å². The summed E-state index contributed by atoms with van der Waals surface area (Å²) in [5.41, 5.74) is 0. The molecule has 9 heteroatoms. The quantitative estimate of drug-likeness (QED) is 0.0195. The molecule has 0 rings (SSSR count). The number of hydrogen-bond acceptors (Lipinski definition) is 8. The van der Waals surface area contributed by atoms with Gasteiger partial charge in [0.15, 0.2) is 12.4 Å². The van der Waals surface area contributed by atoms with Crippen molar-refractivity contribution in [2.75, 3.05) is 47.5 Å². The summed E-state index contributed by atoms with van der Waals surface area (Å²) < 4.78 is 22.7. The number of carboxylic acid groups (broad SMARTS) is 1. The molecule has 9 nitrogen and oxygen atoms in total. The Morgan fingerprint density at radius 3 is 0.871 bits per heavy atom. The van der Waals surface area contributed by atoms with Crippen LogP contribution in [0, 0.1) is 0 Å². The van der Waals surface area contributed by atoms with E-state index in [1.54, 1.807) is 0 Å². The molecular formula is C84H127NO8. The van der Waals surface area contributed by atoms with Gasteiger partial charge < -0.3 is 33.3 Å². The molecule has 93 heavy (non-hydrogen) atoms. The minimum absolute atomic E-state index is 0.125. The van der Waals surface area contributed by atoms with E-state index in [4.69, 9.17) is 18.9 Å². The maximum absolute atomic E-state index is 12.9. The van der Waals surface area contributed by atoms with Crippen LogP contribution in [0.15, 0.2) is 231 Å². The Hall–Kier alpha value is -6.65. The summed E-state index contributed by atoms with van der Waals surface area (Å²) in [6.07, 6.45) is 111. The second kappa shape index (κ2) is 71.2. The van der Waals surface area contributed by atoms with Crippen molar-refractivity contribution >= 4 is 17.9 Å². The van der Waals surface area contributed by atoms with Crippen molar-refractivity contribution in [3.63, 3.8) is 0 Å². The molecule has 0 aliphatic carbocycles. The van der Waals surface area contributed by atoms with Crippen LogP contribution in [-0.2, 0) is 33.3 Å². The van der Waals surface area contributed by atoms with E-state index in [1.807, 2.05) is 21.1 Å². The Labute approximate surface area is 568 Å². The van der Waals surface area contributed by atoms with Crippen molar-refractivity contribution in [1.29, 1.82) is 0 Å². The minimum Gasteiger partial charge on any atom is -0.545 e. The fourth-order valence-corrected chi connectivity index (χ4v) is 8.55. The number of carboxylic acids is 1. The van der Waals surface area contributed by atoms with Crippen LogP contribution in [0.5, 0.6) is 0 Å². The van der Waals surface area contributed by atoms with Gasteiger partial charge in [0.25, 0.3) is 0 Å². The normalized spacial score (nSPS) is 14.1. The molecule has 0 N–H and O–H groups in total. The summed E-state index contributed by atoms with van der Waals surface area (Å²) in [5, 5.41) is 11.8. The first kappa shape index (κ1) is 86.4. The van der Waals surface area contributed by atoms with E-state index < -0.39 is 30.3 Å². The monoisotopic (exact) mass is 1280 g/mol. The van der Waals surface area contributed by atoms with Gasteiger partial charge in [0.1, 0.15) is 13.2 Å². The van der Waals surface area contributed by atoms with E-state index in [9.17, 15) is 19.5 Å². The Morgan fingerprint density at radius 1 is 0.323 bits per heavy atom. The lowest BCUT2D eigenvalue weighted by molar-refractivity contribution is -0.870. The second-order valence-electron chi connectivity index (χ2n) is 23.7. The number of aliphatic carboxylic acids is 1. The number of ether oxygens (including phenoxy) is 4. The first-order chi connectivity index (χ1) is 45.6. The summed E-state index contributed by atoms with van der Waals surface area (Å²) in [5.74, 6) is -2.38. The number of rotatable bonds is 62. The smallest absolute Gasteiger partial charge is 0.306 e. The van der Waals surface area contributed by atoms with Crippen LogP contribution in [0.3, 0.4) is 0 Å². The van der Waals surface area contributed by atoms with Crippen LogP contribution >= 0.6 is 0 Å². The van der Waals surface area contributed by atoms with Crippen molar-refractivity contribution in [2.45, 2.75) is 232 Å². The summed E-state index contributed by atoms with van der Waals surface area (Å²) >= 11 is 0. The van der Waals surface area contributed by atoms with Crippen molar-refractivity contribution in [3.8, 4) is 0 Å². The summed E-state index contributed by atoms with van der Waals surface area (Å²) in [6.45, 7) is 4.42. The van der Waals surface area contributed by atoms with Gasteiger partial charge in [0.05, 0.1) is 40.3 Å². The Kier molecular flexibility index (Phi) is 66.1. The van der Waals surface area contributed by atoms with E-state index in [0.29, 0.717) is 23.9 Å². The number of quaternary nitrogens is 1. The molecule has 0 saturated heterocycles. The van der Waals surface area contributed by atoms with Gasteiger partial charge in [-0.05, 0) is 161 Å². The summed E-state index contributed by atoms with van der Waals surface area (Å²) in [4.78, 5) is 37.5. The molecule has 516 valence electrons. The van der Waals surface area contributed by atoms with Gasteiger partial charge in [-0.15, -0.1) is 0 Å². The van der Waals surface area contributed by atoms with Crippen LogP contribution in [0.2, 0.25) is 0 Å². The van der Waals surface area contributed by atoms with E-state index in [0.717, 1.165) is 180 Å². The number of unbranched alkanes of at least 4 members (excludes halogenated alkanes) is 9. The molecule has 0 bridgehead atoms. The Balaban J connectivity index is 4.32. The lowest BCUT2D eigenvalue weighted by Crippen LogP contribution is -2.44. The van der Waals surface area contributed by atoms with Crippen molar-refractivity contribution in [2.24, 2.45) is 0 Å². The van der Waals surface area contributed by atoms with Gasteiger partial charge in [-0.2, -0.15) is 0 Å². The third-order valence-corrected chi connectivity index (χ3v) is 13.9. The third-order valence-electron chi connectivity index (χ3n) is 13.9. The molecule has 0 aromatic heterocycles. The van der Waals surface area contributed by atoms with Crippen LogP contribution in [0.1, 0.15) is 219 Å². The van der Waals surface area contributed by atoms with Crippen LogP contribution in [0.25, 0.3) is 0 Å². The number of nitrogens with zero attached hydrogens (tertiary/aromatic N) is 1. The van der Waals surface area contributed by atoms with E-state index >= 15 is 0 Å². The number of hydrogen-bond donors (Lipinski definition) is 0. The SMILES string of the molecule is CC/C=C\C/C=C\C/C=C\C/C=C\C/C=C\C/C=C\C/C=C\C/C=C\C/C=C\C/C=C\CCCCCCCCC(=O)OC(COC(=O)CCCCC/C=C\C/C=C\C/C=C\C/C=C\C/C=C\C/C=C\C/C=C\C/C=C\C/C=C\CC)COC(OCC[N+](C)(C)C)C(=O)[O-]. The van der Waals surface area contributed by atoms with Crippen molar-refractivity contribution in [1.82, 2.24) is 0 Å². The highest BCUT2D eigenvalue weighted by atomic mass is 16.7. The van der Waals surface area contributed by atoms with Gasteiger partial charge in [0, 0.05) is 12.8 Å². The van der Waals surface area contributed by atoms with E-state index in [1.165, 1.54) is 0 Å². The number of allylic oxidation sites excluding steroid dienone is 38. The zero-order chi connectivity index (χ0) is 67.5. The first-order valence-electron chi connectivity index (χ1n) is 35.5. The minimum atomic E-state index is -1.65. The Morgan fingerprint density at radius 2 is 0.581 bits per heavy atom. The molecule has 2 atom stereocenters. The molecule has 0 radical (unpaired) electrons. The van der Waals surface area contributed by atoms with Gasteiger partial charge >= 0.3 is 11.9 Å². The molecule has 0 amide bonds. The van der Waals surface area contributed by atoms with Gasteiger partial charge in [-0.3, -0.25) is 9.59 Å². The maximum Gasteiger partial charge on any atom is 0.306 e. The number of carbonyl (C=O) groups is 3. The molecule has 0 saturated carbocycles. The van der Waals surface area contributed by atoms with Gasteiger partial charge in [-0.1, -0.05) is 277 Å². The van der Waals surface area contributed by atoms with Crippen molar-refractivity contribution in [3.05, 3.63) is 231 Å². The molecular weight excluding hydrogens is 1150 g/mol. The van der Waals surface area contributed by atoms with Crippen LogP contribution < -0.4 is 5.11 Å². The van der Waals surface area contributed by atoms with Crippen LogP contribution in [-0.4, -0.2) is 82.3 Å². The lowest BCUT2D eigenvalue weighted by atomic mass is 10.1. The first-order valence-corrected chi connectivity index (χ1v) is 35.5. The highest BCUT2D eigenvalue weighted by Crippen LogP contribution is 2.13. The molecule has 0 aliphatic heterocycles. The molecule has 0 aromatic rings. The predicted octanol–water partition coefficient (Wildman–Crippen LogP) is 21.3. The Bertz CT molecular complexity index is 2380. The van der Waals surface area contributed by atoms with Crippen molar-refractivity contribution < 1.29 is 42.9 Å². The average Bonchev–Trinajstić information content (AvgIpc) is 3.73. The van der Waals surface area contributed by atoms with Gasteiger partial charge in [0.2, 0.25) is 0 Å². The molecule has 0 aliphatic rings. The molecule has 2 unspecified atom stereocenters. The molecule has 0 fully saturated rings. The lowest BCUT2D eigenvalue weighted by Gasteiger charge is -2.26. The fourth-order valence-electron chi connectivity index (χ4n) is 8.55. The van der Waals surface area contributed by atoms with E-state index in [-0.39, 0.29) is 32.7 Å². The summed E-state index contributed by atoms with van der Waals surface area (Å²) in [7, 11) is 5.89. The largest absolute Gasteiger partial charge is 0.545 e. The number of likely N-dealkylation sites (N-methyl/N-ethyl adjacent to an activating group) is 1. The molecule has 0 spiro atoms. The highest BCUT2D eigenvalue weighted by molar-refractivity contribution is 5.70. The zero-order valence-corrected chi connectivity index (χ0v) is 58.8. The zero-order valence-electron chi connectivity index (χ0n) is 58.8. The summed E-state index contributed by atoms with van der Waals surface area (Å²) in [6, 6.07) is 0. The van der Waals surface area contributed by atoms with Crippen LogP contribution in [0.4, 0.5) is 0 Å². The van der Waals surface area contributed by atoms with E-state index in [2.05, 4.69) is 245 Å². The number of carbonyl (C=O) groups excluding carboxylic acids is 3. The second-order valence-corrected chi connectivity index (χ2v) is 23.7. The fraction of sp³-hybridized carbons (Fsp3) is 0.512. The molecule has 0 heterocycles. The number of esters is 2. The standard InChI is InChI=1S/C84H127NO8/c1-6-8-10-12-14-16-18-20-22-24-26-28-30-32-34-36-38-39-40-41-42-43-45-47-49-51-53-55-57-59-61-63-65-67-69-71-73-75-82(87)93-80(79-92-84(83(88)89)90-77-76-85(3,4)5)78-91-81(86)74-72-70-68-66-64-62-60-58-56-54-52-50-48-46-44-37-35-33-31-29-27-25-23-21-19-17-15-13-11-9-7-2/h8-11,14-17,20-23,26-29,32-35,38-39,41-42,44-47,50-53,56-59,62,64,80,84H,6-7,12-13,18-19,24-25,30-31,36-37,40,43,48-49,54-55,60-61,63,65-79H2,1-5H3/b10-8-,11-9-,16-14-,17-15-,22-20-,23-21-,28-26-,29-27-,34-32-,35-33-,39-38-,42-41-,46-44-,47-45-,52-50-,53-51-,58-56-,59-57-,64-62-. The maximum atomic E-state index is 12.9. The average molecular weight is 1280 g/mol. The topological polar surface area (TPSA) is 111 Å².